The second kappa shape index (κ2) is 48.8. The van der Waals surface area contributed by atoms with Crippen molar-refractivity contribution in [3.63, 3.8) is 0 Å². The van der Waals surface area contributed by atoms with E-state index in [4.69, 9.17) is 57.8 Å². The molecule has 8 aromatic carbocycles. The Hall–Kier alpha value is -16.0. The van der Waals surface area contributed by atoms with Crippen molar-refractivity contribution in [1.29, 1.82) is 0 Å². The number of halogens is 2. The summed E-state index contributed by atoms with van der Waals surface area (Å²) in [7, 11) is 20.6. The molecule has 11 heterocycles. The van der Waals surface area contributed by atoms with Crippen LogP contribution in [0.5, 0.6) is 46.0 Å². The molecule has 2 aliphatic heterocycles. The third-order valence-corrected chi connectivity index (χ3v) is 25.9. The first-order valence-corrected chi connectivity index (χ1v) is 49.0. The van der Waals surface area contributed by atoms with Gasteiger partial charge in [-0.25, -0.2) is 28.7 Å². The van der Waals surface area contributed by atoms with Gasteiger partial charge < -0.3 is 82.3 Å². The van der Waals surface area contributed by atoms with E-state index < -0.39 is 18.6 Å². The van der Waals surface area contributed by atoms with E-state index in [9.17, 15) is 18.7 Å². The Kier molecular flexibility index (Phi) is 34.5. The summed E-state index contributed by atoms with van der Waals surface area (Å²) in [6.45, 7) is 20.2. The van der Waals surface area contributed by atoms with Crippen LogP contribution in [0.25, 0.3) is 89.2 Å². The minimum Gasteiger partial charge on any atom is -0.497 e. The highest BCUT2D eigenvalue weighted by Gasteiger charge is 2.28. The van der Waals surface area contributed by atoms with Gasteiger partial charge in [-0.15, -0.1) is 0 Å². The number of carbonyl (C=O) groups excluding carboxylic acids is 1. The highest BCUT2D eigenvalue weighted by atomic mass is 19.3. The van der Waals surface area contributed by atoms with Crippen LogP contribution < -0.4 is 62.8 Å². The molecule has 0 bridgehead atoms. The predicted octanol–water partition coefficient (Wildman–Crippen LogP) is 16.3. The number of aliphatic hydroxyl groups is 1. The number of methoxy groups -OCH3 is 8. The van der Waals surface area contributed by atoms with Gasteiger partial charge in [0.1, 0.15) is 46.0 Å². The van der Waals surface area contributed by atoms with Crippen LogP contribution in [0.15, 0.2) is 238 Å². The van der Waals surface area contributed by atoms with Gasteiger partial charge in [0.25, 0.3) is 5.92 Å². The molecule has 1 atom stereocenters. The third kappa shape index (κ3) is 27.0. The molecule has 148 heavy (non-hydrogen) atoms. The molecule has 0 radical (unpaired) electrons. The number of ether oxygens (including phenoxy) is 8. The normalized spacial score (nSPS) is 13.1. The number of carbonyl (C=O) groups is 1. The maximum absolute atomic E-state index is 13.2. The number of piperazine rings is 2. The number of hydrogen-bond acceptors (Lipinski definition) is 30. The Morgan fingerprint density at radius 1 is 0.385 bits per heavy atom. The number of aliphatic hydroxyl groups excluding tert-OH is 1. The van der Waals surface area contributed by atoms with Crippen molar-refractivity contribution in [2.24, 2.45) is 28.2 Å². The number of aromatic nitrogens is 17. The Morgan fingerprint density at radius 3 is 0.946 bits per heavy atom. The van der Waals surface area contributed by atoms with Gasteiger partial charge in [-0.2, -0.15) is 20.4 Å². The second-order valence-corrected chi connectivity index (χ2v) is 36.4. The predicted molar refractivity (Wildman–Crippen MR) is 574 cm³/mol. The molecule has 0 aliphatic carbocycles. The van der Waals surface area contributed by atoms with Crippen LogP contribution in [-0.4, -0.2) is 294 Å². The molecular formula is C110H128F2N26O10. The highest BCUT2D eigenvalue weighted by molar-refractivity contribution is 5.87. The zero-order valence-electron chi connectivity index (χ0n) is 86.6. The fourth-order valence-electron chi connectivity index (χ4n) is 17.8. The van der Waals surface area contributed by atoms with Crippen LogP contribution in [0.4, 0.5) is 54.3 Å². The van der Waals surface area contributed by atoms with E-state index in [1.807, 2.05) is 166 Å². The molecular weight excluding hydrogens is 1880 g/mol. The maximum Gasteiger partial charge on any atom is 0.257 e. The van der Waals surface area contributed by atoms with E-state index in [0.29, 0.717) is 33.9 Å². The summed E-state index contributed by atoms with van der Waals surface area (Å²) in [6, 6.07) is 51.6. The first kappa shape index (κ1) is 105. The van der Waals surface area contributed by atoms with E-state index in [1.54, 1.807) is 126 Å². The van der Waals surface area contributed by atoms with Crippen molar-refractivity contribution >= 4 is 95.5 Å². The second-order valence-electron chi connectivity index (χ2n) is 36.4. The van der Waals surface area contributed by atoms with Crippen molar-refractivity contribution in [1.82, 2.24) is 108 Å². The maximum atomic E-state index is 13.2. The van der Waals surface area contributed by atoms with Crippen molar-refractivity contribution in [2.45, 2.75) is 52.7 Å². The van der Waals surface area contributed by atoms with Crippen LogP contribution in [0, 0.1) is 6.92 Å². The molecule has 1 amide bonds. The Balaban J connectivity index is 0.000000141. The Bertz CT molecular complexity index is 7250. The van der Waals surface area contributed by atoms with Gasteiger partial charge >= 0.3 is 0 Å². The third-order valence-electron chi connectivity index (χ3n) is 25.9. The molecule has 0 unspecified atom stereocenters. The number of aryl methyl sites for hydroxylation is 5. The SMILES string of the molecule is CCCN1CCN(CCN(c2cc(OC)cc(OC)c2)c2ccc3ncc(-c4cnn(C)c4)nc3c2)CC1.COc1cc(OC)cc(N(CCN2CCN(C(C)=O)CC2)c2ccc3ncc(-c4cnn(C)c4)nc3c2)c1.COc1cc(OC)cc(N(CCn2cccc2C)c2ccc3ncc(-c4cnn(C)c4)nc3c2)c1.COc1cc(OC)cc(N(C[C@H](O)CNCC(C)(F)F)c2ccc3ncc(-c4cnn(C)c4)nc3c2)c1. The van der Waals surface area contributed by atoms with E-state index in [2.05, 4.69) is 160 Å². The lowest BCUT2D eigenvalue weighted by molar-refractivity contribution is -0.130. The molecule has 38 heteroatoms. The zero-order valence-corrected chi connectivity index (χ0v) is 86.6. The van der Waals surface area contributed by atoms with E-state index in [0.717, 1.165) is 245 Å². The summed E-state index contributed by atoms with van der Waals surface area (Å²) in [6.07, 6.45) is 24.2. The molecule has 772 valence electrons. The van der Waals surface area contributed by atoms with Gasteiger partial charge in [-0.3, -0.25) is 53.3 Å². The Morgan fingerprint density at radius 2 is 0.676 bits per heavy atom. The van der Waals surface area contributed by atoms with Crippen LogP contribution in [0.3, 0.4) is 0 Å². The first-order valence-electron chi connectivity index (χ1n) is 49.0. The summed E-state index contributed by atoms with van der Waals surface area (Å²) in [5.74, 6) is 2.84. The van der Waals surface area contributed by atoms with Crippen LogP contribution in [0.1, 0.15) is 32.9 Å². The number of nitrogens with zero attached hydrogens (tertiary/aromatic N) is 25. The molecule has 9 aromatic heterocycles. The van der Waals surface area contributed by atoms with Crippen molar-refractivity contribution < 1.29 is 56.6 Å². The van der Waals surface area contributed by atoms with Crippen molar-refractivity contribution in [3.05, 3.63) is 244 Å². The number of alkyl halides is 2. The molecule has 2 saturated heterocycles. The van der Waals surface area contributed by atoms with Crippen LogP contribution in [-0.2, 0) is 39.5 Å². The number of anilines is 8. The number of benzene rings is 8. The monoisotopic (exact) mass is 2010 g/mol. The lowest BCUT2D eigenvalue weighted by Crippen LogP contribution is -2.49. The van der Waals surface area contributed by atoms with Gasteiger partial charge in [0.15, 0.2) is 0 Å². The molecule has 17 aromatic rings. The average Bonchev–Trinajstić information content (AvgIpc) is 1.08. The lowest BCUT2D eigenvalue weighted by atomic mass is 10.1. The quantitative estimate of drug-likeness (QED) is 0.0365. The standard InChI is InChI=1S/C29H37N7O2.C28H33N7O3.C27H28N6O2.C26H30F2N6O3/c1-5-8-34-9-11-35(12-10-34)13-14-36(24-15-25(37-3)18-26(16-24)38-4)23-6-7-27-28(17-23)32-29(20-30-27)22-19-31-33(2)21-22;1-20(36)34-10-7-33(8-11-34)9-12-35(23-13-24(37-3)16-25(14-23)38-4)22-5-6-26-27(15-22)31-28(18-29-26)21-17-30-32(2)19-21;1-19-6-5-9-32(19)10-11-33(22-12-23(34-3)15-24(13-22)35-4)21-7-8-25-26(14-21)30-27(17-28-25)20-16-29-31(2)18-20;1-26(27,28)16-29-12-20(35)15-34(19-7-21(36-3)10-22(8-19)37-4)18-5-6-23-24(9-18)32-25(13-30-23)17-11-31-33(2)14-17/h6-7,15-21H,5,8-14H2,1-4H3;5-6,13-19H,7-12H2,1-4H3;5-9,12-18H,10-11H2,1-4H3;5-11,13-14,20,29,35H,12,15-16H2,1-4H3/t;;;20-/m...1/s1. The summed E-state index contributed by atoms with van der Waals surface area (Å²) in [5.41, 5.74) is 21.7. The van der Waals surface area contributed by atoms with Gasteiger partial charge in [0, 0.05) is 317 Å². The zero-order chi connectivity index (χ0) is 104. The van der Waals surface area contributed by atoms with Gasteiger partial charge in [-0.05, 0) is 105 Å². The minimum absolute atomic E-state index is 0.0143. The number of nitrogens with one attached hydrogen (secondary N) is 1. The fraction of sp³-hybridized carbons (Fsp3) is 0.336. The Labute approximate surface area is 859 Å². The summed E-state index contributed by atoms with van der Waals surface area (Å²) in [4.78, 5) is 67.8. The molecule has 0 spiro atoms. The van der Waals surface area contributed by atoms with Gasteiger partial charge in [0.05, 0.1) is 193 Å². The molecule has 2 aliphatic rings. The topological polar surface area (TPSA) is 328 Å². The van der Waals surface area contributed by atoms with E-state index in [-0.39, 0.29) is 19.0 Å². The molecule has 19 rings (SSSR count). The summed E-state index contributed by atoms with van der Waals surface area (Å²) >= 11 is 0. The molecule has 2 N–H and O–H groups in total. The average molecular weight is 2010 g/mol. The highest BCUT2D eigenvalue weighted by Crippen LogP contribution is 2.41. The van der Waals surface area contributed by atoms with Crippen LogP contribution in [0.2, 0.25) is 0 Å². The molecule has 2 fully saturated rings. The molecule has 36 nitrogen and oxygen atoms in total. The summed E-state index contributed by atoms with van der Waals surface area (Å²) < 4.78 is 80.0. The largest absolute Gasteiger partial charge is 0.497 e. The lowest BCUT2D eigenvalue weighted by Gasteiger charge is -2.36. The van der Waals surface area contributed by atoms with E-state index in [1.165, 1.54) is 18.7 Å². The van der Waals surface area contributed by atoms with Crippen LogP contribution >= 0.6 is 0 Å². The van der Waals surface area contributed by atoms with E-state index >= 15 is 0 Å². The van der Waals surface area contributed by atoms with Gasteiger partial charge in [-0.1, -0.05) is 6.92 Å². The first-order chi connectivity index (χ1) is 71.7. The van der Waals surface area contributed by atoms with Gasteiger partial charge in [0.2, 0.25) is 5.91 Å². The number of rotatable bonds is 37. The molecule has 0 saturated carbocycles. The van der Waals surface area contributed by atoms with Crippen molar-refractivity contribution in [3.8, 4) is 91.0 Å². The van der Waals surface area contributed by atoms with Crippen molar-refractivity contribution in [2.75, 3.05) is 188 Å². The minimum atomic E-state index is -2.87. The summed E-state index contributed by atoms with van der Waals surface area (Å²) in [5, 5.41) is 30.4. The fourth-order valence-corrected chi connectivity index (χ4v) is 17.8. The smallest absolute Gasteiger partial charge is 0.257 e. The number of hydrogen-bond donors (Lipinski definition) is 2. The number of fused-ring (bicyclic) bond motifs is 4. The number of amides is 1.